The van der Waals surface area contributed by atoms with Crippen LogP contribution >= 0.6 is 0 Å². The fourth-order valence-electron chi connectivity index (χ4n) is 1.14. The highest BCUT2D eigenvalue weighted by molar-refractivity contribution is 5.03. The van der Waals surface area contributed by atoms with Crippen LogP contribution in [0.4, 0.5) is 0 Å². The summed E-state index contributed by atoms with van der Waals surface area (Å²) in [5.41, 5.74) is 1.20. The zero-order valence-corrected chi connectivity index (χ0v) is 7.37. The van der Waals surface area contributed by atoms with E-state index >= 15 is 0 Å². The molecule has 0 fully saturated rings. The van der Waals surface area contributed by atoms with Crippen molar-refractivity contribution < 1.29 is 0 Å². The topological polar surface area (TPSA) is 12.9 Å². The van der Waals surface area contributed by atoms with E-state index in [-0.39, 0.29) is 0 Å². The lowest BCUT2D eigenvalue weighted by molar-refractivity contribution is 0.735. The monoisotopic (exact) mass is 161 g/mol. The minimum Gasteiger partial charge on any atom is -0.261 e. The van der Waals surface area contributed by atoms with Crippen LogP contribution in [0.1, 0.15) is 25.0 Å². The maximum absolute atomic E-state index is 4.25. The maximum Gasteiger partial charge on any atom is 0.0403 e. The van der Waals surface area contributed by atoms with E-state index in [1.165, 1.54) is 18.5 Å². The summed E-state index contributed by atoms with van der Waals surface area (Å²) >= 11 is 0. The molecule has 0 aromatic carbocycles. The maximum atomic E-state index is 4.25. The van der Waals surface area contributed by atoms with Crippen LogP contribution in [0.15, 0.2) is 37.1 Å². The van der Waals surface area contributed by atoms with Crippen molar-refractivity contribution in [1.29, 1.82) is 0 Å². The molecule has 0 saturated carbocycles. The van der Waals surface area contributed by atoms with Crippen molar-refractivity contribution >= 4 is 0 Å². The SMILES string of the molecule is C=CCCCCc1ccccn1. The molecule has 0 radical (unpaired) electrons. The van der Waals surface area contributed by atoms with E-state index in [1.807, 2.05) is 24.4 Å². The molecule has 1 heterocycles. The van der Waals surface area contributed by atoms with Crippen molar-refractivity contribution in [1.82, 2.24) is 4.98 Å². The molecule has 0 amide bonds. The molecule has 0 atom stereocenters. The van der Waals surface area contributed by atoms with Crippen molar-refractivity contribution in [3.8, 4) is 0 Å². The number of aryl methyl sites for hydroxylation is 1. The third-order valence-corrected chi connectivity index (χ3v) is 1.82. The molecular formula is C11H15N. The normalized spacial score (nSPS) is 9.67. The molecule has 0 aliphatic rings. The number of unbranched alkanes of at least 4 members (excludes halogenated alkanes) is 2. The lowest BCUT2D eigenvalue weighted by Gasteiger charge is -1.97. The molecule has 64 valence electrons. The van der Waals surface area contributed by atoms with Gasteiger partial charge < -0.3 is 0 Å². The lowest BCUT2D eigenvalue weighted by Crippen LogP contribution is -1.88. The van der Waals surface area contributed by atoms with Gasteiger partial charge in [-0.1, -0.05) is 12.1 Å². The quantitative estimate of drug-likeness (QED) is 0.478. The van der Waals surface area contributed by atoms with Crippen LogP contribution in [-0.2, 0) is 6.42 Å². The first-order valence-electron chi connectivity index (χ1n) is 4.44. The first-order valence-corrected chi connectivity index (χ1v) is 4.44. The van der Waals surface area contributed by atoms with E-state index < -0.39 is 0 Å². The summed E-state index contributed by atoms with van der Waals surface area (Å²) in [6, 6.07) is 6.07. The van der Waals surface area contributed by atoms with Gasteiger partial charge in [-0.3, -0.25) is 4.98 Å². The summed E-state index contributed by atoms with van der Waals surface area (Å²) in [4.78, 5) is 4.25. The smallest absolute Gasteiger partial charge is 0.0403 e. The number of hydrogen-bond acceptors (Lipinski definition) is 1. The van der Waals surface area contributed by atoms with E-state index in [9.17, 15) is 0 Å². The van der Waals surface area contributed by atoms with Crippen LogP contribution in [0.2, 0.25) is 0 Å². The molecule has 1 rings (SSSR count). The Balaban J connectivity index is 2.20. The molecule has 1 aromatic rings. The highest BCUT2D eigenvalue weighted by atomic mass is 14.7. The van der Waals surface area contributed by atoms with Crippen LogP contribution < -0.4 is 0 Å². The Morgan fingerprint density at radius 2 is 2.25 bits per heavy atom. The highest BCUT2D eigenvalue weighted by Gasteiger charge is 1.91. The molecule has 0 bridgehead atoms. The minimum absolute atomic E-state index is 1.09. The Labute approximate surface area is 74.2 Å². The average molecular weight is 161 g/mol. The largest absolute Gasteiger partial charge is 0.261 e. The van der Waals surface area contributed by atoms with Gasteiger partial charge in [0.1, 0.15) is 0 Å². The first-order chi connectivity index (χ1) is 5.93. The molecule has 1 nitrogen and oxygen atoms in total. The lowest BCUT2D eigenvalue weighted by atomic mass is 10.1. The van der Waals surface area contributed by atoms with Gasteiger partial charge in [0.2, 0.25) is 0 Å². The van der Waals surface area contributed by atoms with E-state index in [0.717, 1.165) is 12.8 Å². The van der Waals surface area contributed by atoms with Gasteiger partial charge in [0.15, 0.2) is 0 Å². The van der Waals surface area contributed by atoms with E-state index in [0.29, 0.717) is 0 Å². The third-order valence-electron chi connectivity index (χ3n) is 1.82. The number of pyridine rings is 1. The molecule has 0 aliphatic carbocycles. The molecule has 0 spiro atoms. The predicted octanol–water partition coefficient (Wildman–Crippen LogP) is 2.98. The number of allylic oxidation sites excluding steroid dienone is 1. The van der Waals surface area contributed by atoms with Gasteiger partial charge in [-0.15, -0.1) is 6.58 Å². The van der Waals surface area contributed by atoms with E-state index in [1.54, 1.807) is 0 Å². The summed E-state index contributed by atoms with van der Waals surface area (Å²) < 4.78 is 0. The summed E-state index contributed by atoms with van der Waals surface area (Å²) in [5.74, 6) is 0. The Morgan fingerprint density at radius 3 is 2.92 bits per heavy atom. The van der Waals surface area contributed by atoms with Crippen LogP contribution in [0.5, 0.6) is 0 Å². The second kappa shape index (κ2) is 5.53. The van der Waals surface area contributed by atoms with Crippen LogP contribution in [0.25, 0.3) is 0 Å². The summed E-state index contributed by atoms with van der Waals surface area (Å²) in [6.07, 6.45) is 8.46. The van der Waals surface area contributed by atoms with Crippen molar-refractivity contribution in [2.24, 2.45) is 0 Å². The highest BCUT2D eigenvalue weighted by Crippen LogP contribution is 2.03. The Kier molecular flexibility index (Phi) is 4.14. The molecular weight excluding hydrogens is 146 g/mol. The van der Waals surface area contributed by atoms with E-state index in [2.05, 4.69) is 17.6 Å². The summed E-state index contributed by atoms with van der Waals surface area (Å²) in [6.45, 7) is 3.69. The summed E-state index contributed by atoms with van der Waals surface area (Å²) in [5, 5.41) is 0. The standard InChI is InChI=1S/C11H15N/c1-2-3-4-5-8-11-9-6-7-10-12-11/h2,6-7,9-10H,1,3-5,8H2. The van der Waals surface area contributed by atoms with Crippen LogP contribution in [-0.4, -0.2) is 4.98 Å². The Morgan fingerprint density at radius 1 is 1.33 bits per heavy atom. The minimum atomic E-state index is 1.09. The number of nitrogens with zero attached hydrogens (tertiary/aromatic N) is 1. The fraction of sp³-hybridized carbons (Fsp3) is 0.364. The fourth-order valence-corrected chi connectivity index (χ4v) is 1.14. The number of aromatic nitrogens is 1. The third kappa shape index (κ3) is 3.33. The average Bonchev–Trinajstić information content (AvgIpc) is 2.14. The van der Waals surface area contributed by atoms with Crippen LogP contribution in [0, 0.1) is 0 Å². The van der Waals surface area contributed by atoms with Gasteiger partial charge in [-0.25, -0.2) is 0 Å². The predicted molar refractivity (Wildman–Crippen MR) is 52.0 cm³/mol. The van der Waals surface area contributed by atoms with Gasteiger partial charge in [-0.05, 0) is 37.8 Å². The Hall–Kier alpha value is -1.11. The molecule has 0 N–H and O–H groups in total. The van der Waals surface area contributed by atoms with Crippen molar-refractivity contribution in [3.63, 3.8) is 0 Å². The second-order valence-electron chi connectivity index (χ2n) is 2.86. The van der Waals surface area contributed by atoms with Crippen molar-refractivity contribution in [2.45, 2.75) is 25.7 Å². The Bertz CT molecular complexity index is 216. The first kappa shape index (κ1) is 8.98. The van der Waals surface area contributed by atoms with Gasteiger partial charge in [0.05, 0.1) is 0 Å². The molecule has 12 heavy (non-hydrogen) atoms. The summed E-state index contributed by atoms with van der Waals surface area (Å²) in [7, 11) is 0. The van der Waals surface area contributed by atoms with Crippen molar-refractivity contribution in [3.05, 3.63) is 42.7 Å². The van der Waals surface area contributed by atoms with Crippen molar-refractivity contribution in [2.75, 3.05) is 0 Å². The molecule has 0 saturated heterocycles. The van der Waals surface area contributed by atoms with Gasteiger partial charge in [0.25, 0.3) is 0 Å². The molecule has 1 heteroatoms. The second-order valence-corrected chi connectivity index (χ2v) is 2.86. The molecule has 0 aliphatic heterocycles. The van der Waals surface area contributed by atoms with E-state index in [4.69, 9.17) is 0 Å². The zero-order chi connectivity index (χ0) is 8.65. The molecule has 1 aromatic heterocycles. The zero-order valence-electron chi connectivity index (χ0n) is 7.37. The van der Waals surface area contributed by atoms with Gasteiger partial charge in [-0.2, -0.15) is 0 Å². The van der Waals surface area contributed by atoms with Crippen LogP contribution in [0.3, 0.4) is 0 Å². The number of rotatable bonds is 5. The van der Waals surface area contributed by atoms with Gasteiger partial charge in [0, 0.05) is 11.9 Å². The molecule has 0 unspecified atom stereocenters. The number of hydrogen-bond donors (Lipinski definition) is 0. The van der Waals surface area contributed by atoms with Gasteiger partial charge >= 0.3 is 0 Å².